The van der Waals surface area contributed by atoms with Gasteiger partial charge in [-0.05, 0) is 44.1 Å². The minimum atomic E-state index is -0.186. The van der Waals surface area contributed by atoms with Crippen molar-refractivity contribution in [2.24, 2.45) is 0 Å². The van der Waals surface area contributed by atoms with Gasteiger partial charge in [-0.3, -0.25) is 14.6 Å². The van der Waals surface area contributed by atoms with Crippen LogP contribution < -0.4 is 5.32 Å². The molecule has 2 saturated heterocycles. The minimum Gasteiger partial charge on any atom is -0.348 e. The minimum absolute atomic E-state index is 0.0830. The molecule has 1 N–H and O–H groups in total. The van der Waals surface area contributed by atoms with Gasteiger partial charge in [-0.1, -0.05) is 0 Å². The molecule has 3 atom stereocenters. The average molecular weight is 356 g/mol. The standard InChI is InChI=1S/C18H20N4O2S/c1-11-8-20-16(9-19-11)17(23)21-13-6-14-2-3-15(7-13)22(14)18(24)12-4-5-25-10-12/h4-5,8-10,13-15H,2-3,6-7H2,1H3,(H,21,23)/t13?,14-,15+. The van der Waals surface area contributed by atoms with Gasteiger partial charge in [0.25, 0.3) is 11.8 Å². The van der Waals surface area contributed by atoms with Crippen LogP contribution in [0.3, 0.4) is 0 Å². The molecule has 2 fully saturated rings. The van der Waals surface area contributed by atoms with Crippen molar-refractivity contribution < 1.29 is 9.59 Å². The van der Waals surface area contributed by atoms with E-state index in [9.17, 15) is 9.59 Å². The molecule has 0 aliphatic carbocycles. The van der Waals surface area contributed by atoms with Crippen LogP contribution in [0.2, 0.25) is 0 Å². The van der Waals surface area contributed by atoms with Gasteiger partial charge in [0.15, 0.2) is 0 Å². The van der Waals surface area contributed by atoms with Crippen molar-refractivity contribution in [3.8, 4) is 0 Å². The van der Waals surface area contributed by atoms with Gasteiger partial charge in [0.2, 0.25) is 0 Å². The maximum atomic E-state index is 12.7. The number of carbonyl (C=O) groups excluding carboxylic acids is 2. The number of amides is 2. The summed E-state index contributed by atoms with van der Waals surface area (Å²) in [6.07, 6.45) is 6.73. The Balaban J connectivity index is 1.42. The topological polar surface area (TPSA) is 75.2 Å². The second-order valence-corrected chi connectivity index (χ2v) is 7.57. The molecule has 2 aliphatic rings. The van der Waals surface area contributed by atoms with E-state index in [1.807, 2.05) is 28.7 Å². The van der Waals surface area contributed by atoms with Gasteiger partial charge in [0, 0.05) is 29.7 Å². The zero-order valence-electron chi connectivity index (χ0n) is 14.0. The number of thiophene rings is 1. The molecule has 2 bridgehead atoms. The largest absolute Gasteiger partial charge is 0.348 e. The highest BCUT2D eigenvalue weighted by Crippen LogP contribution is 2.37. The van der Waals surface area contributed by atoms with Crippen LogP contribution in [0.1, 0.15) is 52.2 Å². The molecule has 7 heteroatoms. The van der Waals surface area contributed by atoms with Crippen LogP contribution in [0.4, 0.5) is 0 Å². The quantitative estimate of drug-likeness (QED) is 0.916. The van der Waals surface area contributed by atoms with Crippen LogP contribution in [0.5, 0.6) is 0 Å². The summed E-state index contributed by atoms with van der Waals surface area (Å²) in [5.41, 5.74) is 1.91. The van der Waals surface area contributed by atoms with E-state index in [1.54, 1.807) is 17.5 Å². The van der Waals surface area contributed by atoms with Gasteiger partial charge in [-0.15, -0.1) is 0 Å². The predicted molar refractivity (Wildman–Crippen MR) is 94.6 cm³/mol. The van der Waals surface area contributed by atoms with E-state index in [0.29, 0.717) is 5.69 Å². The first-order valence-electron chi connectivity index (χ1n) is 8.56. The number of piperidine rings is 1. The Labute approximate surface area is 150 Å². The molecule has 0 saturated carbocycles. The van der Waals surface area contributed by atoms with E-state index in [1.165, 1.54) is 6.20 Å². The van der Waals surface area contributed by atoms with Crippen LogP contribution in [0, 0.1) is 6.92 Å². The molecule has 0 radical (unpaired) electrons. The second-order valence-electron chi connectivity index (χ2n) is 6.79. The van der Waals surface area contributed by atoms with Crippen molar-refractivity contribution in [3.63, 3.8) is 0 Å². The molecule has 1 unspecified atom stereocenters. The molecule has 0 aromatic carbocycles. The Hall–Kier alpha value is -2.28. The molecule has 25 heavy (non-hydrogen) atoms. The lowest BCUT2D eigenvalue weighted by atomic mass is 9.96. The summed E-state index contributed by atoms with van der Waals surface area (Å²) in [6, 6.07) is 2.39. The fourth-order valence-electron chi connectivity index (χ4n) is 3.93. The van der Waals surface area contributed by atoms with E-state index in [-0.39, 0.29) is 29.9 Å². The van der Waals surface area contributed by atoms with Crippen molar-refractivity contribution >= 4 is 23.2 Å². The summed E-state index contributed by atoms with van der Waals surface area (Å²) in [5.74, 6) is -0.0579. The molecule has 2 aromatic heterocycles. The van der Waals surface area contributed by atoms with Crippen molar-refractivity contribution in [2.45, 2.75) is 50.7 Å². The summed E-state index contributed by atoms with van der Waals surface area (Å²) in [5, 5.41) is 6.92. The smallest absolute Gasteiger partial charge is 0.271 e. The highest BCUT2D eigenvalue weighted by atomic mass is 32.1. The van der Waals surface area contributed by atoms with Gasteiger partial charge < -0.3 is 10.2 Å². The van der Waals surface area contributed by atoms with Crippen LogP contribution in [-0.4, -0.2) is 44.8 Å². The van der Waals surface area contributed by atoms with Gasteiger partial charge in [-0.25, -0.2) is 4.98 Å². The third kappa shape index (κ3) is 3.16. The highest BCUT2D eigenvalue weighted by molar-refractivity contribution is 7.08. The summed E-state index contributed by atoms with van der Waals surface area (Å²) < 4.78 is 0. The summed E-state index contributed by atoms with van der Waals surface area (Å²) in [7, 11) is 0. The third-order valence-electron chi connectivity index (χ3n) is 5.08. The third-order valence-corrected chi connectivity index (χ3v) is 5.77. The molecule has 4 rings (SSSR count). The number of hydrogen-bond acceptors (Lipinski definition) is 5. The first-order chi connectivity index (χ1) is 12.1. The Kier molecular flexibility index (Phi) is 4.25. The maximum absolute atomic E-state index is 12.7. The van der Waals surface area contributed by atoms with E-state index in [4.69, 9.17) is 0 Å². The fourth-order valence-corrected chi connectivity index (χ4v) is 4.56. The van der Waals surface area contributed by atoms with Crippen molar-refractivity contribution in [3.05, 3.63) is 46.2 Å². The van der Waals surface area contributed by atoms with Crippen LogP contribution in [0.15, 0.2) is 29.2 Å². The Morgan fingerprint density at radius 3 is 2.56 bits per heavy atom. The summed E-state index contributed by atoms with van der Waals surface area (Å²) in [4.78, 5) is 35.4. The lowest BCUT2D eigenvalue weighted by Gasteiger charge is -2.39. The average Bonchev–Trinajstić information content (AvgIpc) is 3.22. The molecule has 2 amide bonds. The van der Waals surface area contributed by atoms with E-state index >= 15 is 0 Å². The van der Waals surface area contributed by atoms with Gasteiger partial charge >= 0.3 is 0 Å². The molecule has 6 nitrogen and oxygen atoms in total. The lowest BCUT2D eigenvalue weighted by Crippen LogP contribution is -2.52. The van der Waals surface area contributed by atoms with Gasteiger partial charge in [0.05, 0.1) is 17.5 Å². The number of hydrogen-bond donors (Lipinski definition) is 1. The molecule has 2 aromatic rings. The summed E-state index contributed by atoms with van der Waals surface area (Å²) >= 11 is 1.54. The molecular formula is C18H20N4O2S. The van der Waals surface area contributed by atoms with Crippen LogP contribution in [0.25, 0.3) is 0 Å². The molecule has 4 heterocycles. The number of aryl methyl sites for hydroxylation is 1. The zero-order chi connectivity index (χ0) is 17.4. The molecule has 130 valence electrons. The first-order valence-corrected chi connectivity index (χ1v) is 9.50. The number of aromatic nitrogens is 2. The Morgan fingerprint density at radius 1 is 1.20 bits per heavy atom. The van der Waals surface area contributed by atoms with E-state index in [0.717, 1.165) is 36.9 Å². The number of nitrogens with zero attached hydrogens (tertiary/aromatic N) is 3. The maximum Gasteiger partial charge on any atom is 0.271 e. The van der Waals surface area contributed by atoms with Crippen molar-refractivity contribution in [1.82, 2.24) is 20.2 Å². The normalized spacial score (nSPS) is 25.0. The lowest BCUT2D eigenvalue weighted by molar-refractivity contribution is 0.0549. The van der Waals surface area contributed by atoms with Gasteiger partial charge in [-0.2, -0.15) is 11.3 Å². The number of nitrogens with one attached hydrogen (secondary N) is 1. The van der Waals surface area contributed by atoms with Crippen molar-refractivity contribution in [2.75, 3.05) is 0 Å². The van der Waals surface area contributed by atoms with Gasteiger partial charge in [0.1, 0.15) is 5.69 Å². The number of rotatable bonds is 3. The van der Waals surface area contributed by atoms with Crippen molar-refractivity contribution in [1.29, 1.82) is 0 Å². The zero-order valence-corrected chi connectivity index (χ0v) is 14.8. The second kappa shape index (κ2) is 6.55. The van der Waals surface area contributed by atoms with E-state index < -0.39 is 0 Å². The van der Waals surface area contributed by atoms with Crippen LogP contribution in [-0.2, 0) is 0 Å². The molecule has 0 spiro atoms. The van der Waals surface area contributed by atoms with Crippen LogP contribution >= 0.6 is 11.3 Å². The predicted octanol–water partition coefficient (Wildman–Crippen LogP) is 2.41. The highest BCUT2D eigenvalue weighted by Gasteiger charge is 2.43. The Bertz CT molecular complexity index is 761. The monoisotopic (exact) mass is 356 g/mol. The number of carbonyl (C=O) groups is 2. The fraction of sp³-hybridized carbons (Fsp3) is 0.444. The summed E-state index contributed by atoms with van der Waals surface area (Å²) in [6.45, 7) is 1.84. The first kappa shape index (κ1) is 16.2. The number of fused-ring (bicyclic) bond motifs is 2. The SMILES string of the molecule is Cc1cnc(C(=O)NC2C[C@H]3CC[C@@H](C2)N3C(=O)c2ccsc2)cn1. The molecule has 2 aliphatic heterocycles. The molecular weight excluding hydrogens is 336 g/mol. The Morgan fingerprint density at radius 2 is 1.96 bits per heavy atom. The van der Waals surface area contributed by atoms with E-state index in [2.05, 4.69) is 15.3 Å².